The predicted molar refractivity (Wildman–Crippen MR) is 120 cm³/mol. The summed E-state index contributed by atoms with van der Waals surface area (Å²) in [5, 5.41) is 4.41. The van der Waals surface area contributed by atoms with Crippen LogP contribution in [0.25, 0.3) is 11.5 Å². The average molecular weight is 435 g/mol. The van der Waals surface area contributed by atoms with Crippen molar-refractivity contribution in [3.63, 3.8) is 0 Å². The maximum atomic E-state index is 13.5. The van der Waals surface area contributed by atoms with E-state index in [1.54, 1.807) is 24.5 Å². The molecule has 6 rings (SSSR count). The number of nitrogens with zero attached hydrogens (tertiary/aromatic N) is 4. The van der Waals surface area contributed by atoms with Gasteiger partial charge in [-0.2, -0.15) is 5.10 Å². The third-order valence-corrected chi connectivity index (χ3v) is 7.90. The molecule has 3 fully saturated rings. The van der Waals surface area contributed by atoms with Crippen molar-refractivity contribution in [3.8, 4) is 11.5 Å². The van der Waals surface area contributed by atoms with Crippen molar-refractivity contribution in [3.05, 3.63) is 52.5 Å². The van der Waals surface area contributed by atoms with Crippen LogP contribution in [-0.2, 0) is 11.3 Å². The van der Waals surface area contributed by atoms with Gasteiger partial charge in [0.25, 0.3) is 5.56 Å². The first-order chi connectivity index (χ1) is 15.7. The van der Waals surface area contributed by atoms with E-state index in [9.17, 15) is 9.59 Å². The van der Waals surface area contributed by atoms with Crippen LogP contribution < -0.4 is 5.56 Å². The van der Waals surface area contributed by atoms with Gasteiger partial charge in [0, 0.05) is 25.2 Å². The van der Waals surface area contributed by atoms with Gasteiger partial charge < -0.3 is 9.32 Å². The van der Waals surface area contributed by atoms with E-state index in [0.29, 0.717) is 29.3 Å². The number of likely N-dealkylation sites (tertiary alicyclic amines) is 1. The molecule has 3 saturated heterocycles. The predicted octanol–water partition coefficient (Wildman–Crippen LogP) is 2.92. The molecule has 7 nitrogen and oxygen atoms in total. The lowest BCUT2D eigenvalue weighted by atomic mass is 9.68. The van der Waals surface area contributed by atoms with Gasteiger partial charge in [-0.25, -0.2) is 4.68 Å². The fourth-order valence-corrected chi connectivity index (χ4v) is 6.59. The second-order valence-electron chi connectivity index (χ2n) is 9.79. The van der Waals surface area contributed by atoms with Gasteiger partial charge in [-0.3, -0.25) is 14.5 Å². The molecule has 1 amide bonds. The molecular weight excluding hydrogens is 404 g/mol. The number of amides is 1. The van der Waals surface area contributed by atoms with Crippen LogP contribution in [0.1, 0.15) is 38.5 Å². The van der Waals surface area contributed by atoms with Gasteiger partial charge in [-0.1, -0.05) is 18.1 Å². The molecule has 0 saturated carbocycles. The molecule has 2 aromatic heterocycles. The van der Waals surface area contributed by atoms with E-state index in [4.69, 9.17) is 4.42 Å². The Morgan fingerprint density at radius 3 is 2.97 bits per heavy atom. The van der Waals surface area contributed by atoms with Gasteiger partial charge in [0.1, 0.15) is 12.2 Å². The van der Waals surface area contributed by atoms with Gasteiger partial charge >= 0.3 is 0 Å². The van der Waals surface area contributed by atoms with Crippen molar-refractivity contribution in [2.24, 2.45) is 11.8 Å². The molecule has 1 aliphatic carbocycles. The van der Waals surface area contributed by atoms with Crippen molar-refractivity contribution < 1.29 is 9.21 Å². The Hall–Kier alpha value is -2.67. The number of carbonyl (C=O) groups is 1. The fourth-order valence-electron chi connectivity index (χ4n) is 6.59. The summed E-state index contributed by atoms with van der Waals surface area (Å²) in [4.78, 5) is 30.7. The van der Waals surface area contributed by atoms with E-state index in [2.05, 4.69) is 16.1 Å². The lowest BCUT2D eigenvalue weighted by Gasteiger charge is -2.54. The molecule has 32 heavy (non-hydrogen) atoms. The number of piperidine rings is 3. The monoisotopic (exact) mass is 434 g/mol. The minimum absolute atomic E-state index is 0.00832. The van der Waals surface area contributed by atoms with Crippen LogP contribution >= 0.6 is 0 Å². The Morgan fingerprint density at radius 2 is 2.09 bits per heavy atom. The van der Waals surface area contributed by atoms with Crippen molar-refractivity contribution in [2.45, 2.75) is 57.2 Å². The number of hydrogen-bond acceptors (Lipinski definition) is 5. The summed E-state index contributed by atoms with van der Waals surface area (Å²) >= 11 is 0. The SMILES string of the molecule is O=C(Cn1nc(-c2ccco2)ccc1=O)N1CCCC2=C[C@H]3C[C@H](CN4CCCC[C@@H]34)[C@@H]21. The summed E-state index contributed by atoms with van der Waals surface area (Å²) in [6.45, 7) is 3.03. The molecule has 0 aromatic carbocycles. The number of furan rings is 1. The standard InChI is InChI=1S/C25H30N4O3/c30-23-9-8-20(22-7-4-12-32-22)26-29(23)16-24(31)28-11-3-5-17-13-18-14-19(25(17)28)15-27-10-2-1-6-21(18)27/h4,7-9,12-13,18-19,21,25H,1-3,5-6,10-11,14-16H2/t18-,19+,21-,25+/m0/s1. The number of fused-ring (bicyclic) bond motifs is 6. The fraction of sp³-hybridized carbons (Fsp3) is 0.560. The maximum absolute atomic E-state index is 13.5. The number of rotatable bonds is 3. The van der Waals surface area contributed by atoms with Crippen LogP contribution in [0.3, 0.4) is 0 Å². The van der Waals surface area contributed by atoms with Gasteiger partial charge in [0.15, 0.2) is 5.76 Å². The second kappa shape index (κ2) is 8.03. The Kier molecular flexibility index (Phi) is 5.01. The second-order valence-corrected chi connectivity index (χ2v) is 9.79. The van der Waals surface area contributed by atoms with Crippen LogP contribution in [0.15, 0.2) is 51.4 Å². The van der Waals surface area contributed by atoms with Gasteiger partial charge in [-0.15, -0.1) is 0 Å². The molecule has 4 atom stereocenters. The van der Waals surface area contributed by atoms with E-state index in [-0.39, 0.29) is 24.1 Å². The van der Waals surface area contributed by atoms with E-state index >= 15 is 0 Å². The van der Waals surface area contributed by atoms with E-state index < -0.39 is 0 Å². The number of hydrogen-bond donors (Lipinski definition) is 0. The van der Waals surface area contributed by atoms with Crippen LogP contribution in [0.2, 0.25) is 0 Å². The third-order valence-electron chi connectivity index (χ3n) is 7.90. The first kappa shape index (κ1) is 20.0. The molecule has 0 N–H and O–H groups in total. The van der Waals surface area contributed by atoms with Crippen LogP contribution in [0, 0.1) is 11.8 Å². The molecule has 2 aromatic rings. The van der Waals surface area contributed by atoms with Crippen molar-refractivity contribution in [1.82, 2.24) is 19.6 Å². The van der Waals surface area contributed by atoms with E-state index in [1.807, 2.05) is 4.90 Å². The quantitative estimate of drug-likeness (QED) is 0.695. The molecule has 0 spiro atoms. The van der Waals surface area contributed by atoms with E-state index in [0.717, 1.165) is 25.9 Å². The summed E-state index contributed by atoms with van der Waals surface area (Å²) in [5.41, 5.74) is 1.75. The third kappa shape index (κ3) is 3.43. The van der Waals surface area contributed by atoms with Crippen molar-refractivity contribution in [2.75, 3.05) is 19.6 Å². The highest BCUT2D eigenvalue weighted by molar-refractivity contribution is 5.77. The highest BCUT2D eigenvalue weighted by Crippen LogP contribution is 2.45. The van der Waals surface area contributed by atoms with Crippen molar-refractivity contribution in [1.29, 1.82) is 0 Å². The Morgan fingerprint density at radius 1 is 1.16 bits per heavy atom. The largest absolute Gasteiger partial charge is 0.463 e. The lowest BCUT2D eigenvalue weighted by Crippen LogP contribution is -2.60. The van der Waals surface area contributed by atoms with Crippen LogP contribution in [0.5, 0.6) is 0 Å². The highest BCUT2D eigenvalue weighted by Gasteiger charge is 2.46. The van der Waals surface area contributed by atoms with Gasteiger partial charge in [-0.05, 0) is 68.7 Å². The minimum atomic E-state index is -0.265. The van der Waals surface area contributed by atoms with Gasteiger partial charge in [0.2, 0.25) is 5.91 Å². The summed E-state index contributed by atoms with van der Waals surface area (Å²) in [6.07, 6.45) is 11.3. The normalized spacial score (nSPS) is 29.8. The highest BCUT2D eigenvalue weighted by atomic mass is 16.3. The molecule has 0 radical (unpaired) electrons. The topological polar surface area (TPSA) is 71.6 Å². The zero-order chi connectivity index (χ0) is 21.7. The Bertz CT molecular complexity index is 1090. The molecular formula is C25H30N4O3. The molecule has 168 valence electrons. The number of carbonyl (C=O) groups excluding carboxylic acids is 1. The molecule has 0 unspecified atom stereocenters. The van der Waals surface area contributed by atoms with Crippen LogP contribution in [0.4, 0.5) is 0 Å². The molecule has 4 aliphatic rings. The summed E-state index contributed by atoms with van der Waals surface area (Å²) in [7, 11) is 0. The van der Waals surface area contributed by atoms with Crippen LogP contribution in [-0.4, -0.2) is 57.2 Å². The molecule has 3 aliphatic heterocycles. The zero-order valence-electron chi connectivity index (χ0n) is 18.4. The zero-order valence-corrected chi connectivity index (χ0v) is 18.4. The van der Waals surface area contributed by atoms with E-state index in [1.165, 1.54) is 48.5 Å². The minimum Gasteiger partial charge on any atom is -0.463 e. The summed E-state index contributed by atoms with van der Waals surface area (Å²) in [5.74, 6) is 1.72. The molecule has 7 heteroatoms. The lowest BCUT2D eigenvalue weighted by molar-refractivity contribution is -0.137. The summed E-state index contributed by atoms with van der Waals surface area (Å²) < 4.78 is 6.69. The average Bonchev–Trinajstić information content (AvgIpc) is 3.35. The Balaban J connectivity index is 1.26. The Labute approximate surface area is 187 Å². The molecule has 5 heterocycles. The number of aromatic nitrogens is 2. The maximum Gasteiger partial charge on any atom is 0.267 e. The smallest absolute Gasteiger partial charge is 0.267 e. The molecule has 2 bridgehead atoms. The van der Waals surface area contributed by atoms with Crippen molar-refractivity contribution >= 4 is 5.91 Å². The first-order valence-electron chi connectivity index (χ1n) is 12.0. The summed E-state index contributed by atoms with van der Waals surface area (Å²) in [6, 6.07) is 7.57. The van der Waals surface area contributed by atoms with Gasteiger partial charge in [0.05, 0.1) is 12.3 Å². The first-order valence-corrected chi connectivity index (χ1v) is 12.0.